The molecule has 0 saturated carbocycles. The summed E-state index contributed by atoms with van der Waals surface area (Å²) in [4.78, 5) is 26.2. The second-order valence-electron chi connectivity index (χ2n) is 7.79. The summed E-state index contributed by atoms with van der Waals surface area (Å²) in [6, 6.07) is 7.66. The molecule has 0 spiro atoms. The van der Waals surface area contributed by atoms with Gasteiger partial charge in [0.15, 0.2) is 17.6 Å². The molecule has 3 aliphatic rings. The van der Waals surface area contributed by atoms with Crippen LogP contribution in [0, 0.1) is 0 Å². The number of nitrogens with zero attached hydrogens (tertiary/aromatic N) is 2. The molecule has 33 heavy (non-hydrogen) atoms. The topological polar surface area (TPSA) is 114 Å². The maximum atomic E-state index is 13.3. The molecule has 0 aromatic heterocycles. The average molecular weight is 494 g/mol. The van der Waals surface area contributed by atoms with Gasteiger partial charge in [0.2, 0.25) is 16.8 Å². The molecule has 3 heterocycles. The summed E-state index contributed by atoms with van der Waals surface area (Å²) in [6.45, 7) is 2.35. The lowest BCUT2D eigenvalue weighted by Gasteiger charge is -2.34. The molecule has 10 nitrogen and oxygen atoms in total. The first kappa shape index (κ1) is 21.8. The lowest BCUT2D eigenvalue weighted by Crippen LogP contribution is -2.50. The van der Waals surface area contributed by atoms with E-state index in [4.69, 9.17) is 25.8 Å². The van der Waals surface area contributed by atoms with E-state index in [-0.39, 0.29) is 60.5 Å². The predicted molar refractivity (Wildman–Crippen MR) is 117 cm³/mol. The highest BCUT2D eigenvalue weighted by Crippen LogP contribution is 2.38. The van der Waals surface area contributed by atoms with Crippen molar-refractivity contribution in [2.75, 3.05) is 38.3 Å². The molecule has 174 valence electrons. The third-order valence-corrected chi connectivity index (χ3v) is 8.09. The zero-order valence-corrected chi connectivity index (χ0v) is 19.1. The Morgan fingerprint density at radius 3 is 2.55 bits per heavy atom. The first-order valence-corrected chi connectivity index (χ1v) is 12.1. The van der Waals surface area contributed by atoms with E-state index in [1.165, 1.54) is 16.4 Å². The van der Waals surface area contributed by atoms with Crippen molar-refractivity contribution in [1.29, 1.82) is 0 Å². The average Bonchev–Trinajstić information content (AvgIpc) is 3.27. The molecule has 0 unspecified atom stereocenters. The Labute approximate surface area is 195 Å². The van der Waals surface area contributed by atoms with Crippen LogP contribution in [0.4, 0.5) is 5.69 Å². The molecular weight excluding hydrogens is 474 g/mol. The number of hydrogen-bond donors (Lipinski definition) is 1. The molecule has 0 aliphatic carbocycles. The summed E-state index contributed by atoms with van der Waals surface area (Å²) in [5, 5.41) is 2.62. The first-order chi connectivity index (χ1) is 15.7. The molecule has 2 amide bonds. The first-order valence-electron chi connectivity index (χ1n) is 10.2. The summed E-state index contributed by atoms with van der Waals surface area (Å²) in [5.74, 6) is 0.786. The molecule has 2 aromatic rings. The van der Waals surface area contributed by atoms with Crippen molar-refractivity contribution in [2.45, 2.75) is 17.9 Å². The fourth-order valence-electron chi connectivity index (χ4n) is 3.89. The Morgan fingerprint density at radius 2 is 1.79 bits per heavy atom. The fraction of sp³-hybridized carbons (Fsp3) is 0.333. The van der Waals surface area contributed by atoms with Gasteiger partial charge in [0.05, 0.1) is 10.7 Å². The highest BCUT2D eigenvalue weighted by Gasteiger charge is 2.34. The van der Waals surface area contributed by atoms with E-state index in [1.54, 1.807) is 30.0 Å². The van der Waals surface area contributed by atoms with Gasteiger partial charge in [-0.05, 0) is 31.2 Å². The van der Waals surface area contributed by atoms with Gasteiger partial charge in [0, 0.05) is 37.8 Å². The van der Waals surface area contributed by atoms with Crippen LogP contribution in [0.5, 0.6) is 17.2 Å². The van der Waals surface area contributed by atoms with Crippen molar-refractivity contribution in [2.24, 2.45) is 0 Å². The maximum Gasteiger partial charge on any atom is 0.265 e. The summed E-state index contributed by atoms with van der Waals surface area (Å²) >= 11 is 6.26. The summed E-state index contributed by atoms with van der Waals surface area (Å²) in [6.07, 6.45) is -0.750. The SMILES string of the molecule is C[C@H]1Oc2cc(S(=O)(=O)N3CCN(C(=O)c4ccc5c(c4)OCO5)CC3)c(Cl)cc2NC1=O. The number of nitrogens with one attached hydrogen (secondary N) is 1. The second-order valence-corrected chi connectivity index (χ2v) is 10.1. The van der Waals surface area contributed by atoms with Crippen molar-refractivity contribution in [3.05, 3.63) is 40.9 Å². The zero-order chi connectivity index (χ0) is 23.3. The minimum Gasteiger partial charge on any atom is -0.479 e. The van der Waals surface area contributed by atoms with Crippen LogP contribution in [0.1, 0.15) is 17.3 Å². The number of sulfonamides is 1. The van der Waals surface area contributed by atoms with Crippen LogP contribution >= 0.6 is 11.6 Å². The van der Waals surface area contributed by atoms with Crippen molar-refractivity contribution in [3.8, 4) is 17.2 Å². The van der Waals surface area contributed by atoms with Gasteiger partial charge < -0.3 is 24.4 Å². The lowest BCUT2D eigenvalue weighted by molar-refractivity contribution is -0.122. The minimum absolute atomic E-state index is 0.0222. The van der Waals surface area contributed by atoms with E-state index in [2.05, 4.69) is 5.32 Å². The van der Waals surface area contributed by atoms with Gasteiger partial charge in [-0.15, -0.1) is 0 Å². The van der Waals surface area contributed by atoms with Crippen LogP contribution in [0.25, 0.3) is 0 Å². The number of benzene rings is 2. The number of hydrogen-bond acceptors (Lipinski definition) is 7. The Kier molecular flexibility index (Phi) is 5.34. The number of ether oxygens (including phenoxy) is 3. The maximum absolute atomic E-state index is 13.3. The zero-order valence-electron chi connectivity index (χ0n) is 17.5. The Bertz CT molecular complexity index is 1260. The highest BCUT2D eigenvalue weighted by molar-refractivity contribution is 7.89. The van der Waals surface area contributed by atoms with Crippen LogP contribution in [0.2, 0.25) is 5.02 Å². The van der Waals surface area contributed by atoms with Gasteiger partial charge in [0.25, 0.3) is 11.8 Å². The van der Waals surface area contributed by atoms with Gasteiger partial charge in [-0.3, -0.25) is 9.59 Å². The van der Waals surface area contributed by atoms with Crippen LogP contribution in [0.15, 0.2) is 35.2 Å². The number of rotatable bonds is 3. The van der Waals surface area contributed by atoms with Crippen molar-refractivity contribution in [3.63, 3.8) is 0 Å². The normalized spacial score (nSPS) is 20.1. The number of fused-ring (bicyclic) bond motifs is 2. The van der Waals surface area contributed by atoms with E-state index in [9.17, 15) is 18.0 Å². The molecule has 3 aliphatic heterocycles. The molecule has 5 rings (SSSR count). The molecule has 2 aromatic carbocycles. The Hall–Kier alpha value is -3.02. The third-order valence-electron chi connectivity index (χ3n) is 5.73. The summed E-state index contributed by atoms with van der Waals surface area (Å²) in [5.41, 5.74) is 0.766. The summed E-state index contributed by atoms with van der Waals surface area (Å²) < 4.78 is 44.0. The number of halogens is 1. The van der Waals surface area contributed by atoms with Crippen LogP contribution in [0.3, 0.4) is 0 Å². The molecule has 0 radical (unpaired) electrons. The Morgan fingerprint density at radius 1 is 1.06 bits per heavy atom. The van der Waals surface area contributed by atoms with E-state index in [0.717, 1.165) is 0 Å². The van der Waals surface area contributed by atoms with E-state index in [1.807, 2.05) is 0 Å². The monoisotopic (exact) mass is 493 g/mol. The van der Waals surface area contributed by atoms with Gasteiger partial charge in [0.1, 0.15) is 10.6 Å². The van der Waals surface area contributed by atoms with Gasteiger partial charge >= 0.3 is 0 Å². The molecule has 1 atom stereocenters. The largest absolute Gasteiger partial charge is 0.479 e. The number of carbonyl (C=O) groups is 2. The Balaban J connectivity index is 1.31. The van der Waals surface area contributed by atoms with Crippen molar-refractivity contribution < 1.29 is 32.2 Å². The summed E-state index contributed by atoms with van der Waals surface area (Å²) in [7, 11) is -3.94. The minimum atomic E-state index is -3.94. The molecular formula is C21H20ClN3O7S. The van der Waals surface area contributed by atoms with Crippen LogP contribution < -0.4 is 19.5 Å². The van der Waals surface area contributed by atoms with Gasteiger partial charge in [-0.25, -0.2) is 8.42 Å². The molecule has 0 bridgehead atoms. The van der Waals surface area contributed by atoms with Crippen molar-refractivity contribution >= 4 is 39.1 Å². The number of piperazine rings is 1. The van der Waals surface area contributed by atoms with E-state index in [0.29, 0.717) is 22.7 Å². The van der Waals surface area contributed by atoms with Gasteiger partial charge in [-0.1, -0.05) is 11.6 Å². The van der Waals surface area contributed by atoms with Crippen LogP contribution in [-0.2, 0) is 14.8 Å². The van der Waals surface area contributed by atoms with E-state index >= 15 is 0 Å². The standard InChI is InChI=1S/C21H20ClN3O7S/c1-12-20(26)23-15-9-14(22)19(10-17(15)32-12)33(28,29)25-6-4-24(5-7-25)21(27)13-2-3-16-18(8-13)31-11-30-16/h2-3,8-10,12H,4-7,11H2,1H3,(H,23,26)/t12-/m1/s1. The van der Waals surface area contributed by atoms with E-state index < -0.39 is 16.1 Å². The number of carbonyl (C=O) groups excluding carboxylic acids is 2. The third kappa shape index (κ3) is 3.85. The second kappa shape index (κ2) is 8.08. The molecule has 1 fully saturated rings. The molecule has 1 N–H and O–H groups in total. The van der Waals surface area contributed by atoms with Crippen LogP contribution in [-0.4, -0.2) is 68.5 Å². The molecule has 12 heteroatoms. The van der Waals surface area contributed by atoms with Gasteiger partial charge in [-0.2, -0.15) is 4.31 Å². The molecule has 1 saturated heterocycles. The number of anilines is 1. The predicted octanol–water partition coefficient (Wildman–Crippen LogP) is 1.93. The lowest BCUT2D eigenvalue weighted by atomic mass is 10.1. The number of amides is 2. The smallest absolute Gasteiger partial charge is 0.265 e. The fourth-order valence-corrected chi connectivity index (χ4v) is 5.83. The van der Waals surface area contributed by atoms with Crippen molar-refractivity contribution in [1.82, 2.24) is 9.21 Å². The quantitative estimate of drug-likeness (QED) is 0.694. The highest BCUT2D eigenvalue weighted by atomic mass is 35.5.